The molecule has 0 aliphatic heterocycles. The molecule has 2 aromatic heterocycles. The maximum atomic E-state index is 4.65. The number of fused-ring (bicyclic) bond motifs is 3. The molecule has 4 rings (SSSR count). The molecule has 0 aliphatic rings. The van der Waals surface area contributed by atoms with Crippen molar-refractivity contribution in [1.82, 2.24) is 9.55 Å². The zero-order chi connectivity index (χ0) is 16.0. The SMILES string of the molecule is CC(C)(C)c1ccc2c3cccnc3n(-c3ccccc3)c2c1. The summed E-state index contributed by atoms with van der Waals surface area (Å²) in [6.45, 7) is 6.76. The van der Waals surface area contributed by atoms with Gasteiger partial charge in [0.15, 0.2) is 0 Å². The van der Waals surface area contributed by atoms with Crippen LogP contribution >= 0.6 is 0 Å². The minimum Gasteiger partial charge on any atom is -0.294 e. The Morgan fingerprint density at radius 2 is 1.61 bits per heavy atom. The number of nitrogens with zero attached hydrogens (tertiary/aromatic N) is 2. The Balaban J connectivity index is 2.15. The van der Waals surface area contributed by atoms with E-state index in [2.05, 4.69) is 78.9 Å². The molecule has 2 aromatic carbocycles. The highest BCUT2D eigenvalue weighted by Crippen LogP contribution is 2.33. The quantitative estimate of drug-likeness (QED) is 0.455. The largest absolute Gasteiger partial charge is 0.294 e. The van der Waals surface area contributed by atoms with E-state index >= 15 is 0 Å². The van der Waals surface area contributed by atoms with Crippen molar-refractivity contribution in [2.24, 2.45) is 0 Å². The second kappa shape index (κ2) is 4.95. The van der Waals surface area contributed by atoms with Crippen LogP contribution in [0, 0.1) is 0 Å². The van der Waals surface area contributed by atoms with E-state index in [1.165, 1.54) is 21.9 Å². The van der Waals surface area contributed by atoms with Crippen molar-refractivity contribution in [2.45, 2.75) is 26.2 Å². The van der Waals surface area contributed by atoms with E-state index in [1.807, 2.05) is 18.3 Å². The first-order valence-corrected chi connectivity index (χ1v) is 8.01. The Morgan fingerprint density at radius 1 is 0.826 bits per heavy atom. The van der Waals surface area contributed by atoms with Gasteiger partial charge in [-0.1, -0.05) is 51.1 Å². The first-order chi connectivity index (χ1) is 11.1. The minimum absolute atomic E-state index is 0.125. The Labute approximate surface area is 136 Å². The van der Waals surface area contributed by atoms with Gasteiger partial charge in [0.25, 0.3) is 0 Å². The third kappa shape index (κ3) is 2.22. The van der Waals surface area contributed by atoms with Crippen LogP contribution in [0.15, 0.2) is 66.9 Å². The molecule has 23 heavy (non-hydrogen) atoms. The highest BCUT2D eigenvalue weighted by molar-refractivity contribution is 6.08. The fourth-order valence-electron chi connectivity index (χ4n) is 3.15. The standard InChI is InChI=1S/C21H20N2/c1-21(2,3)15-11-12-17-18-10-7-13-22-20(18)23(19(17)14-15)16-8-5-4-6-9-16/h4-14H,1-3H3. The van der Waals surface area contributed by atoms with Crippen LogP contribution in [0.2, 0.25) is 0 Å². The average molecular weight is 300 g/mol. The zero-order valence-corrected chi connectivity index (χ0v) is 13.7. The van der Waals surface area contributed by atoms with Crippen LogP contribution < -0.4 is 0 Å². The van der Waals surface area contributed by atoms with Gasteiger partial charge in [-0.3, -0.25) is 4.57 Å². The van der Waals surface area contributed by atoms with E-state index in [1.54, 1.807) is 0 Å². The third-order valence-electron chi connectivity index (χ3n) is 4.41. The van der Waals surface area contributed by atoms with Crippen molar-refractivity contribution < 1.29 is 0 Å². The van der Waals surface area contributed by atoms with Gasteiger partial charge in [-0.05, 0) is 41.3 Å². The number of para-hydroxylation sites is 1. The van der Waals surface area contributed by atoms with E-state index in [9.17, 15) is 0 Å². The predicted octanol–water partition coefficient (Wildman–Crippen LogP) is 5.48. The van der Waals surface area contributed by atoms with Gasteiger partial charge in [-0.25, -0.2) is 4.98 Å². The van der Waals surface area contributed by atoms with Gasteiger partial charge in [0, 0.05) is 22.7 Å². The summed E-state index contributed by atoms with van der Waals surface area (Å²) >= 11 is 0. The van der Waals surface area contributed by atoms with Crippen LogP contribution in [0.5, 0.6) is 0 Å². The van der Waals surface area contributed by atoms with Gasteiger partial charge in [0.1, 0.15) is 5.65 Å². The van der Waals surface area contributed by atoms with E-state index in [0.29, 0.717) is 0 Å². The molecule has 2 heteroatoms. The molecule has 0 N–H and O–H groups in total. The van der Waals surface area contributed by atoms with Crippen molar-refractivity contribution in [2.75, 3.05) is 0 Å². The lowest BCUT2D eigenvalue weighted by Crippen LogP contribution is -2.10. The van der Waals surface area contributed by atoms with Gasteiger partial charge in [0.05, 0.1) is 5.52 Å². The molecule has 2 heterocycles. The average Bonchev–Trinajstić information content (AvgIpc) is 2.88. The fourth-order valence-corrected chi connectivity index (χ4v) is 3.15. The lowest BCUT2D eigenvalue weighted by Gasteiger charge is -2.19. The molecule has 4 aromatic rings. The van der Waals surface area contributed by atoms with E-state index in [4.69, 9.17) is 0 Å². The van der Waals surface area contributed by atoms with Crippen molar-refractivity contribution in [1.29, 1.82) is 0 Å². The first-order valence-electron chi connectivity index (χ1n) is 8.01. The summed E-state index contributed by atoms with van der Waals surface area (Å²) in [6.07, 6.45) is 1.87. The van der Waals surface area contributed by atoms with Crippen molar-refractivity contribution in [3.63, 3.8) is 0 Å². The molecule has 114 valence electrons. The summed E-state index contributed by atoms with van der Waals surface area (Å²) < 4.78 is 2.26. The fraction of sp³-hybridized carbons (Fsp3) is 0.190. The molecule has 0 radical (unpaired) electrons. The monoisotopic (exact) mass is 300 g/mol. The van der Waals surface area contributed by atoms with E-state index in [-0.39, 0.29) is 5.41 Å². The van der Waals surface area contributed by atoms with E-state index < -0.39 is 0 Å². The number of rotatable bonds is 1. The van der Waals surface area contributed by atoms with Gasteiger partial charge in [-0.15, -0.1) is 0 Å². The highest BCUT2D eigenvalue weighted by atomic mass is 15.0. The molecule has 0 bridgehead atoms. The van der Waals surface area contributed by atoms with Crippen molar-refractivity contribution in [3.8, 4) is 5.69 Å². The molecular weight excluding hydrogens is 280 g/mol. The molecular formula is C21H20N2. The topological polar surface area (TPSA) is 17.8 Å². The summed E-state index contributed by atoms with van der Waals surface area (Å²) in [4.78, 5) is 4.65. The molecule has 0 atom stereocenters. The lowest BCUT2D eigenvalue weighted by atomic mass is 9.86. The summed E-state index contributed by atoms with van der Waals surface area (Å²) in [7, 11) is 0. The second-order valence-electron chi connectivity index (χ2n) is 7.03. The minimum atomic E-state index is 0.125. The Kier molecular flexibility index (Phi) is 3.02. The number of hydrogen-bond donors (Lipinski definition) is 0. The van der Waals surface area contributed by atoms with Gasteiger partial charge < -0.3 is 0 Å². The number of hydrogen-bond acceptors (Lipinski definition) is 1. The predicted molar refractivity (Wildman–Crippen MR) is 97.3 cm³/mol. The summed E-state index contributed by atoms with van der Waals surface area (Å²) in [5.74, 6) is 0. The molecule has 0 aliphatic carbocycles. The summed E-state index contributed by atoms with van der Waals surface area (Å²) in [5, 5.41) is 2.46. The molecule has 0 amide bonds. The Morgan fingerprint density at radius 3 is 2.35 bits per heavy atom. The lowest BCUT2D eigenvalue weighted by molar-refractivity contribution is 0.591. The van der Waals surface area contributed by atoms with Crippen molar-refractivity contribution >= 4 is 21.9 Å². The summed E-state index contributed by atoms with van der Waals surface area (Å²) in [6, 6.07) is 21.4. The molecule has 2 nitrogen and oxygen atoms in total. The van der Waals surface area contributed by atoms with E-state index in [0.717, 1.165) is 11.3 Å². The summed E-state index contributed by atoms with van der Waals surface area (Å²) in [5.41, 5.74) is 4.85. The smallest absolute Gasteiger partial charge is 0.145 e. The number of pyridine rings is 1. The Hall–Kier alpha value is -2.61. The maximum Gasteiger partial charge on any atom is 0.145 e. The van der Waals surface area contributed by atoms with Crippen LogP contribution in [-0.2, 0) is 5.41 Å². The number of aromatic nitrogens is 2. The van der Waals surface area contributed by atoms with Crippen molar-refractivity contribution in [3.05, 3.63) is 72.4 Å². The van der Waals surface area contributed by atoms with Gasteiger partial charge in [0.2, 0.25) is 0 Å². The Bertz CT molecular complexity index is 989. The van der Waals surface area contributed by atoms with Crippen LogP contribution in [0.3, 0.4) is 0 Å². The molecule has 0 saturated heterocycles. The van der Waals surface area contributed by atoms with Crippen LogP contribution in [-0.4, -0.2) is 9.55 Å². The first kappa shape index (κ1) is 14.0. The molecule has 0 spiro atoms. The van der Waals surface area contributed by atoms with Crippen LogP contribution in [0.1, 0.15) is 26.3 Å². The van der Waals surface area contributed by atoms with Gasteiger partial charge >= 0.3 is 0 Å². The zero-order valence-electron chi connectivity index (χ0n) is 13.7. The second-order valence-corrected chi connectivity index (χ2v) is 7.03. The maximum absolute atomic E-state index is 4.65. The molecule has 0 unspecified atom stereocenters. The van der Waals surface area contributed by atoms with Crippen LogP contribution in [0.25, 0.3) is 27.6 Å². The molecule has 0 fully saturated rings. The normalized spacial score (nSPS) is 12.1. The third-order valence-corrected chi connectivity index (χ3v) is 4.41. The number of benzene rings is 2. The van der Waals surface area contributed by atoms with Gasteiger partial charge in [-0.2, -0.15) is 0 Å². The highest BCUT2D eigenvalue weighted by Gasteiger charge is 2.18. The van der Waals surface area contributed by atoms with Crippen LogP contribution in [0.4, 0.5) is 0 Å². The molecule has 0 saturated carbocycles.